The Bertz CT molecular complexity index is 1850. The fraction of sp³-hybridized carbons (Fsp3) is 0.556. The zero-order valence-corrected chi connectivity index (χ0v) is 27.2. The molecule has 2 N–H and O–H groups in total. The van der Waals surface area contributed by atoms with Gasteiger partial charge in [0.25, 0.3) is 16.7 Å². The largest absolute Gasteiger partial charge is 0.494 e. The number of aromatic hydroxyl groups is 1. The Morgan fingerprint density at radius 1 is 0.867 bits per heavy atom. The monoisotopic (exact) mass is 617 g/mol. The van der Waals surface area contributed by atoms with Crippen LogP contribution < -0.4 is 22.0 Å². The van der Waals surface area contributed by atoms with Crippen LogP contribution in [0.1, 0.15) is 84.6 Å². The topological polar surface area (TPSA) is 123 Å². The van der Waals surface area contributed by atoms with Gasteiger partial charge >= 0.3 is 0 Å². The fourth-order valence-corrected chi connectivity index (χ4v) is 6.48. The Labute approximate surface area is 264 Å². The van der Waals surface area contributed by atoms with E-state index in [2.05, 4.69) is 33.6 Å². The van der Waals surface area contributed by atoms with Gasteiger partial charge in [-0.2, -0.15) is 0 Å². The zero-order valence-electron chi connectivity index (χ0n) is 27.2. The van der Waals surface area contributed by atoms with Crippen molar-refractivity contribution in [2.24, 2.45) is 16.8 Å². The van der Waals surface area contributed by atoms with Gasteiger partial charge in [-0.3, -0.25) is 28.5 Å². The van der Waals surface area contributed by atoms with Crippen molar-refractivity contribution in [3.8, 4) is 29.4 Å². The number of aromatic nitrogens is 2. The third kappa shape index (κ3) is 6.78. The number of ether oxygens (including phenoxy) is 1. The van der Waals surface area contributed by atoms with Gasteiger partial charge in [-0.05, 0) is 36.8 Å². The number of benzene rings is 2. The number of hydrogen-bond acceptors (Lipinski definition) is 7. The molecule has 2 unspecified atom stereocenters. The minimum atomic E-state index is -0.477. The molecule has 0 amide bonds. The molecule has 0 bridgehead atoms. The molecule has 0 radical (unpaired) electrons. The number of terminal acetylenes is 1. The van der Waals surface area contributed by atoms with Crippen molar-refractivity contribution in [2.45, 2.75) is 92.2 Å². The number of unbranched alkanes of at least 4 members (excludes halogenated alkanes) is 2. The SMILES string of the molecule is C#Cc1cc2c(O)n(CC(CC)CCCC)c(=O)c3c(=NCCOCCO)cc4c(=O)n(CC(CC)CCCC)c(=O)c1c-4c23. The maximum absolute atomic E-state index is 14.3. The predicted octanol–water partition coefficient (Wildman–Crippen LogP) is 4.69. The van der Waals surface area contributed by atoms with Crippen LogP contribution in [0.3, 0.4) is 0 Å². The molecule has 0 saturated carbocycles. The van der Waals surface area contributed by atoms with Gasteiger partial charge in [0.05, 0.1) is 48.1 Å². The number of nitrogens with zero attached hydrogens (tertiary/aromatic N) is 3. The number of pyridine rings is 2. The maximum atomic E-state index is 14.3. The molecule has 0 spiro atoms. The number of rotatable bonds is 17. The highest BCUT2D eigenvalue weighted by atomic mass is 16.5. The van der Waals surface area contributed by atoms with E-state index in [-0.39, 0.29) is 72.5 Å². The lowest BCUT2D eigenvalue weighted by Crippen LogP contribution is -2.39. The molecule has 2 heterocycles. The average molecular weight is 618 g/mol. The van der Waals surface area contributed by atoms with E-state index in [0.717, 1.165) is 51.4 Å². The molecule has 0 fully saturated rings. The lowest BCUT2D eigenvalue weighted by molar-refractivity contribution is 0.0975. The van der Waals surface area contributed by atoms with E-state index in [1.165, 1.54) is 9.13 Å². The summed E-state index contributed by atoms with van der Waals surface area (Å²) < 4.78 is 8.09. The van der Waals surface area contributed by atoms with Crippen LogP contribution in [0, 0.1) is 24.2 Å². The van der Waals surface area contributed by atoms with Gasteiger partial charge < -0.3 is 14.9 Å². The van der Waals surface area contributed by atoms with Gasteiger partial charge in [-0.15, -0.1) is 6.42 Å². The number of aliphatic hydroxyl groups is 1. The molecule has 9 nitrogen and oxygen atoms in total. The van der Waals surface area contributed by atoms with Gasteiger partial charge in [0, 0.05) is 35.0 Å². The van der Waals surface area contributed by atoms with Gasteiger partial charge in [0.1, 0.15) is 0 Å². The molecule has 4 rings (SSSR count). The van der Waals surface area contributed by atoms with Crippen LogP contribution in [0.5, 0.6) is 5.88 Å². The van der Waals surface area contributed by atoms with Gasteiger partial charge in [0.2, 0.25) is 5.88 Å². The summed E-state index contributed by atoms with van der Waals surface area (Å²) in [6, 6.07) is 3.19. The van der Waals surface area contributed by atoms with E-state index >= 15 is 0 Å². The maximum Gasteiger partial charge on any atom is 0.263 e. The summed E-state index contributed by atoms with van der Waals surface area (Å²) in [5.41, 5.74) is -0.544. The van der Waals surface area contributed by atoms with Crippen LogP contribution in [0.25, 0.3) is 32.7 Å². The van der Waals surface area contributed by atoms with Gasteiger partial charge in [0.15, 0.2) is 0 Å². The molecule has 9 heteroatoms. The molecule has 1 aromatic carbocycles. The second kappa shape index (κ2) is 15.5. The van der Waals surface area contributed by atoms with Crippen molar-refractivity contribution in [1.82, 2.24) is 9.13 Å². The first kappa shape index (κ1) is 34.1. The number of hydrogen-bond donors (Lipinski definition) is 2. The van der Waals surface area contributed by atoms with Crippen molar-refractivity contribution in [2.75, 3.05) is 26.4 Å². The van der Waals surface area contributed by atoms with E-state index in [9.17, 15) is 19.5 Å². The Balaban J connectivity index is 2.12. The fourth-order valence-electron chi connectivity index (χ4n) is 6.48. The molecule has 2 atom stereocenters. The number of aliphatic hydroxyl groups excluding tert-OH is 1. The van der Waals surface area contributed by atoms with Crippen LogP contribution in [0.15, 0.2) is 31.5 Å². The molecule has 2 aliphatic rings. The third-order valence-electron chi connectivity index (χ3n) is 9.15. The molecule has 242 valence electrons. The minimum Gasteiger partial charge on any atom is -0.494 e. The lowest BCUT2D eigenvalue weighted by Gasteiger charge is -2.23. The molecule has 1 aliphatic heterocycles. The van der Waals surface area contributed by atoms with Crippen molar-refractivity contribution in [3.63, 3.8) is 0 Å². The van der Waals surface area contributed by atoms with E-state index in [1.807, 2.05) is 0 Å². The van der Waals surface area contributed by atoms with Crippen LogP contribution >= 0.6 is 0 Å². The Kier molecular flexibility index (Phi) is 11.8. The highest BCUT2D eigenvalue weighted by Gasteiger charge is 2.29. The van der Waals surface area contributed by atoms with Crippen LogP contribution in [-0.2, 0) is 17.8 Å². The van der Waals surface area contributed by atoms with E-state index < -0.39 is 16.7 Å². The van der Waals surface area contributed by atoms with Gasteiger partial charge in [-0.25, -0.2) is 0 Å². The van der Waals surface area contributed by atoms with Crippen molar-refractivity contribution in [1.29, 1.82) is 0 Å². The average Bonchev–Trinajstić information content (AvgIpc) is 3.05. The van der Waals surface area contributed by atoms with E-state index in [4.69, 9.17) is 21.3 Å². The zero-order chi connectivity index (χ0) is 32.7. The molecule has 1 aromatic heterocycles. The minimum absolute atomic E-state index is 0.121. The first-order valence-corrected chi connectivity index (χ1v) is 16.5. The highest BCUT2D eigenvalue weighted by Crippen LogP contribution is 2.39. The van der Waals surface area contributed by atoms with Crippen molar-refractivity contribution < 1.29 is 14.9 Å². The molecule has 45 heavy (non-hydrogen) atoms. The highest BCUT2D eigenvalue weighted by molar-refractivity contribution is 6.17. The Morgan fingerprint density at radius 3 is 2.07 bits per heavy atom. The van der Waals surface area contributed by atoms with Gasteiger partial charge in [-0.1, -0.05) is 72.1 Å². The second-order valence-corrected chi connectivity index (χ2v) is 12.1. The van der Waals surface area contributed by atoms with E-state index in [1.54, 1.807) is 12.1 Å². The Morgan fingerprint density at radius 2 is 1.49 bits per heavy atom. The normalized spacial score (nSPS) is 13.7. The van der Waals surface area contributed by atoms with E-state index in [0.29, 0.717) is 28.2 Å². The molecule has 2 aromatic rings. The van der Waals surface area contributed by atoms with Crippen molar-refractivity contribution in [3.05, 3.63) is 54.1 Å². The van der Waals surface area contributed by atoms with Crippen LogP contribution in [0.4, 0.5) is 0 Å². The van der Waals surface area contributed by atoms with Crippen LogP contribution in [-0.4, -0.2) is 45.7 Å². The summed E-state index contributed by atoms with van der Waals surface area (Å²) in [6.07, 6.45) is 13.5. The first-order valence-electron chi connectivity index (χ1n) is 16.5. The molecular weight excluding hydrogens is 570 g/mol. The van der Waals surface area contributed by atoms with Crippen molar-refractivity contribution >= 4 is 21.5 Å². The summed E-state index contributed by atoms with van der Waals surface area (Å²) in [7, 11) is 0. The first-order chi connectivity index (χ1) is 21.8. The standard InChI is InChI=1S/C36H47N3O6/c1-6-11-13-23(8-3)21-38-34(42)27-20-28(37-15-17-45-18-16-40)32-31-26(19-25(10-5)29(30(27)31)35(38)43)33(41)39(36(32)44)22-24(9-4)14-12-7-2/h5,19-20,23-24,40-41H,6-9,11-18,21-22H2,1-4H3. The lowest BCUT2D eigenvalue weighted by atomic mass is 9.87. The quantitative estimate of drug-likeness (QED) is 0.101. The molecule has 0 saturated heterocycles. The summed E-state index contributed by atoms with van der Waals surface area (Å²) in [6.45, 7) is 9.38. The smallest absolute Gasteiger partial charge is 0.263 e. The Hall–Kier alpha value is -3.74. The molecule has 1 aliphatic carbocycles. The molecular formula is C36H47N3O6. The second-order valence-electron chi connectivity index (χ2n) is 12.1. The summed E-state index contributed by atoms with van der Waals surface area (Å²) in [5, 5.41) is 22.1. The summed E-state index contributed by atoms with van der Waals surface area (Å²) in [5.74, 6) is 2.71. The van der Waals surface area contributed by atoms with Crippen LogP contribution in [0.2, 0.25) is 0 Å². The summed E-state index contributed by atoms with van der Waals surface area (Å²) >= 11 is 0. The summed E-state index contributed by atoms with van der Waals surface area (Å²) in [4.78, 5) is 47.2. The predicted molar refractivity (Wildman–Crippen MR) is 180 cm³/mol. The third-order valence-corrected chi connectivity index (χ3v) is 9.15.